The molecule has 0 aliphatic rings. The smallest absolute Gasteiger partial charge is 0.387 e. The highest BCUT2D eigenvalue weighted by Crippen LogP contribution is 2.32. The van der Waals surface area contributed by atoms with Crippen molar-refractivity contribution in [2.24, 2.45) is 0 Å². The summed E-state index contributed by atoms with van der Waals surface area (Å²) in [7, 11) is 2.92. The van der Waals surface area contributed by atoms with E-state index in [-0.39, 0.29) is 29.0 Å². The predicted octanol–water partition coefficient (Wildman–Crippen LogP) is 5.03. The average molecular weight is 434 g/mol. The quantitative estimate of drug-likeness (QED) is 0.585. The summed E-state index contributed by atoms with van der Waals surface area (Å²) >= 11 is 12.0. The highest BCUT2D eigenvalue weighted by molar-refractivity contribution is 6.42. The van der Waals surface area contributed by atoms with Gasteiger partial charge in [0.1, 0.15) is 10.8 Å². The third-order valence-electron chi connectivity index (χ3n) is 3.81. The number of nitrogens with zero attached hydrogens (tertiary/aromatic N) is 1. The van der Waals surface area contributed by atoms with Crippen molar-refractivity contribution < 1.29 is 27.8 Å². The van der Waals surface area contributed by atoms with E-state index < -0.39 is 12.7 Å². The minimum Gasteiger partial charge on any atom is -0.493 e. The minimum absolute atomic E-state index is 0.106. The second-order valence-corrected chi connectivity index (χ2v) is 6.66. The Kier molecular flexibility index (Phi) is 7.71. The first-order valence-corrected chi connectivity index (χ1v) is 8.96. The number of hydrogen-bond acceptors (Lipinski definition) is 4. The summed E-state index contributed by atoms with van der Waals surface area (Å²) in [4.78, 5) is 14.0. The number of carbonyl (C=O) groups is 1. The Hall–Kier alpha value is -2.25. The Labute approximate surface area is 171 Å². The van der Waals surface area contributed by atoms with Crippen molar-refractivity contribution in [3.8, 4) is 17.2 Å². The molecule has 0 saturated carbocycles. The molecule has 0 aliphatic carbocycles. The summed E-state index contributed by atoms with van der Waals surface area (Å²) in [5, 5.41) is 0.535. The lowest BCUT2D eigenvalue weighted by atomic mass is 10.2. The monoisotopic (exact) mass is 433 g/mol. The van der Waals surface area contributed by atoms with Gasteiger partial charge in [0.25, 0.3) is 5.91 Å². The fraction of sp³-hybridized carbons (Fsp3) is 0.316. The van der Waals surface area contributed by atoms with E-state index in [2.05, 4.69) is 4.74 Å². The molecule has 0 N–H and O–H groups in total. The highest BCUT2D eigenvalue weighted by Gasteiger charge is 2.21. The Morgan fingerprint density at radius 1 is 1.11 bits per heavy atom. The van der Waals surface area contributed by atoms with E-state index in [9.17, 15) is 13.6 Å². The van der Waals surface area contributed by atoms with Crippen LogP contribution in [-0.4, -0.2) is 37.7 Å². The molecule has 1 unspecified atom stereocenters. The van der Waals surface area contributed by atoms with Crippen LogP contribution >= 0.6 is 23.2 Å². The fourth-order valence-electron chi connectivity index (χ4n) is 2.49. The van der Waals surface area contributed by atoms with Crippen molar-refractivity contribution in [3.05, 3.63) is 52.0 Å². The summed E-state index contributed by atoms with van der Waals surface area (Å²) in [5.41, 5.74) is 0.584. The van der Waals surface area contributed by atoms with Gasteiger partial charge in [-0.1, -0.05) is 35.3 Å². The summed E-state index contributed by atoms with van der Waals surface area (Å²) in [6.07, 6.45) is -0.837. The number of methoxy groups -OCH3 is 1. The van der Waals surface area contributed by atoms with E-state index in [0.29, 0.717) is 16.3 Å². The lowest BCUT2D eigenvalue weighted by Gasteiger charge is -2.23. The number of ether oxygens (including phenoxy) is 3. The van der Waals surface area contributed by atoms with Crippen LogP contribution in [-0.2, 0) is 11.3 Å². The van der Waals surface area contributed by atoms with Crippen LogP contribution in [0, 0.1) is 0 Å². The molecule has 152 valence electrons. The first-order valence-electron chi connectivity index (χ1n) is 8.20. The second-order valence-electron chi connectivity index (χ2n) is 5.87. The predicted molar refractivity (Wildman–Crippen MR) is 103 cm³/mol. The third-order valence-corrected chi connectivity index (χ3v) is 4.61. The van der Waals surface area contributed by atoms with Gasteiger partial charge in [-0.05, 0) is 36.8 Å². The van der Waals surface area contributed by atoms with Gasteiger partial charge in [0, 0.05) is 13.6 Å². The van der Waals surface area contributed by atoms with E-state index in [0.717, 1.165) is 0 Å². The van der Waals surface area contributed by atoms with Crippen molar-refractivity contribution in [2.45, 2.75) is 26.2 Å². The van der Waals surface area contributed by atoms with Crippen molar-refractivity contribution in [2.75, 3.05) is 14.2 Å². The minimum atomic E-state index is -2.99. The zero-order valence-corrected chi connectivity index (χ0v) is 16.9. The molecular weight excluding hydrogens is 415 g/mol. The summed E-state index contributed by atoms with van der Waals surface area (Å²) in [6, 6.07) is 9.42. The van der Waals surface area contributed by atoms with E-state index in [1.165, 1.54) is 24.1 Å². The molecular formula is C19H19Cl2F2NO4. The van der Waals surface area contributed by atoms with Gasteiger partial charge in [-0.25, -0.2) is 0 Å². The summed E-state index contributed by atoms with van der Waals surface area (Å²) in [6.45, 7) is -1.26. The molecule has 28 heavy (non-hydrogen) atoms. The van der Waals surface area contributed by atoms with Crippen molar-refractivity contribution in [1.82, 2.24) is 4.90 Å². The number of halogens is 4. The molecule has 2 rings (SSSR count). The SMILES string of the molecule is COc1ccc(CN(C)C(=O)C(C)Oc2cccc(Cl)c2Cl)cc1OC(F)F. The molecule has 5 nitrogen and oxygen atoms in total. The van der Waals surface area contributed by atoms with Gasteiger partial charge in [-0.3, -0.25) is 4.79 Å². The molecule has 0 aliphatic heterocycles. The molecule has 0 spiro atoms. The molecule has 9 heteroatoms. The van der Waals surface area contributed by atoms with Gasteiger partial charge in [0.05, 0.1) is 12.1 Å². The van der Waals surface area contributed by atoms with Gasteiger partial charge >= 0.3 is 6.61 Å². The van der Waals surface area contributed by atoms with Gasteiger partial charge in [-0.15, -0.1) is 0 Å². The molecule has 0 fully saturated rings. The number of alkyl halides is 2. The van der Waals surface area contributed by atoms with Crippen LogP contribution in [0.2, 0.25) is 10.0 Å². The maximum absolute atomic E-state index is 12.6. The van der Waals surface area contributed by atoms with Crippen LogP contribution in [0.15, 0.2) is 36.4 Å². The lowest BCUT2D eigenvalue weighted by Crippen LogP contribution is -2.37. The Bertz CT molecular complexity index is 836. The maximum atomic E-state index is 12.6. The Morgan fingerprint density at radius 2 is 1.82 bits per heavy atom. The lowest BCUT2D eigenvalue weighted by molar-refractivity contribution is -0.137. The zero-order chi connectivity index (χ0) is 20.8. The van der Waals surface area contributed by atoms with E-state index in [1.807, 2.05) is 0 Å². The molecule has 0 heterocycles. The van der Waals surface area contributed by atoms with Crippen molar-refractivity contribution in [3.63, 3.8) is 0 Å². The number of hydrogen-bond donors (Lipinski definition) is 0. The van der Waals surface area contributed by atoms with Gasteiger partial charge in [-0.2, -0.15) is 8.78 Å². The van der Waals surface area contributed by atoms with Crippen LogP contribution in [0.3, 0.4) is 0 Å². The van der Waals surface area contributed by atoms with E-state index in [4.69, 9.17) is 32.7 Å². The number of rotatable bonds is 8. The normalized spacial score (nSPS) is 11.9. The first kappa shape index (κ1) is 22.0. The van der Waals surface area contributed by atoms with E-state index in [1.54, 1.807) is 38.2 Å². The molecule has 0 radical (unpaired) electrons. The van der Waals surface area contributed by atoms with Crippen molar-refractivity contribution in [1.29, 1.82) is 0 Å². The molecule has 0 saturated heterocycles. The molecule has 1 amide bonds. The van der Waals surface area contributed by atoms with Crippen molar-refractivity contribution >= 4 is 29.1 Å². The number of carbonyl (C=O) groups excluding carboxylic acids is 1. The number of benzene rings is 2. The van der Waals surface area contributed by atoms with Crippen LogP contribution in [0.25, 0.3) is 0 Å². The van der Waals surface area contributed by atoms with Gasteiger partial charge < -0.3 is 19.1 Å². The van der Waals surface area contributed by atoms with Crippen LogP contribution in [0.5, 0.6) is 17.2 Å². The van der Waals surface area contributed by atoms with Crippen LogP contribution in [0.4, 0.5) is 8.78 Å². The first-order chi connectivity index (χ1) is 13.2. The second kappa shape index (κ2) is 9.80. The van der Waals surface area contributed by atoms with Gasteiger partial charge in [0.15, 0.2) is 17.6 Å². The molecule has 2 aromatic rings. The summed E-state index contributed by atoms with van der Waals surface area (Å²) in [5.74, 6) is 0.0276. The number of likely N-dealkylation sites (N-methyl/N-ethyl adjacent to an activating group) is 1. The Morgan fingerprint density at radius 3 is 2.46 bits per heavy atom. The fourth-order valence-corrected chi connectivity index (χ4v) is 2.82. The molecule has 0 bridgehead atoms. The molecule has 0 aromatic heterocycles. The largest absolute Gasteiger partial charge is 0.493 e. The van der Waals surface area contributed by atoms with Crippen LogP contribution in [0.1, 0.15) is 12.5 Å². The van der Waals surface area contributed by atoms with E-state index >= 15 is 0 Å². The number of amides is 1. The zero-order valence-electron chi connectivity index (χ0n) is 15.4. The Balaban J connectivity index is 2.08. The highest BCUT2D eigenvalue weighted by atomic mass is 35.5. The topological polar surface area (TPSA) is 48.0 Å². The average Bonchev–Trinajstić information content (AvgIpc) is 2.64. The summed E-state index contributed by atoms with van der Waals surface area (Å²) < 4.78 is 40.2. The van der Waals surface area contributed by atoms with Gasteiger partial charge in [0.2, 0.25) is 0 Å². The third kappa shape index (κ3) is 5.62. The van der Waals surface area contributed by atoms with Crippen LogP contribution < -0.4 is 14.2 Å². The molecule has 1 atom stereocenters. The standard InChI is InChI=1S/C19H19Cl2F2NO4/c1-11(27-15-6-4-5-13(20)17(15)21)18(25)24(2)10-12-7-8-14(26-3)16(9-12)28-19(22)23/h4-9,11,19H,10H2,1-3H3. The molecule has 2 aromatic carbocycles. The maximum Gasteiger partial charge on any atom is 0.387 e.